The van der Waals surface area contributed by atoms with Crippen LogP contribution in [0.25, 0.3) is 0 Å². The van der Waals surface area contributed by atoms with E-state index in [9.17, 15) is 4.79 Å². The normalized spacial score (nSPS) is 15.7. The summed E-state index contributed by atoms with van der Waals surface area (Å²) < 4.78 is 14.1. The molecule has 0 aliphatic carbocycles. The number of rotatable bonds is 4. The Hall–Kier alpha value is -1.99. The molecule has 1 aliphatic rings. The Morgan fingerprint density at radius 1 is 1.26 bits per heavy atom. The molecule has 1 aliphatic heterocycles. The molecule has 0 spiro atoms. The van der Waals surface area contributed by atoms with Gasteiger partial charge in [-0.3, -0.25) is 4.79 Å². The van der Waals surface area contributed by atoms with Crippen molar-refractivity contribution < 1.29 is 9.53 Å². The number of carbonyl (C=O) groups is 1. The molecule has 2 heterocycles. The quantitative estimate of drug-likeness (QED) is 0.855. The Kier molecular flexibility index (Phi) is 4.88. The molecule has 7 heteroatoms. The van der Waals surface area contributed by atoms with E-state index in [-0.39, 0.29) is 5.91 Å². The van der Waals surface area contributed by atoms with Gasteiger partial charge >= 0.3 is 0 Å². The fraction of sp³-hybridized carbons (Fsp3) is 0.438. The average Bonchev–Trinajstić information content (AvgIpc) is 2.98. The summed E-state index contributed by atoms with van der Waals surface area (Å²) >= 11 is 1.18. The SMILES string of the molecule is Cc1nsnc1COc1cccc(C(=O)N2CCN(C)CC2)c1. The summed E-state index contributed by atoms with van der Waals surface area (Å²) in [6.07, 6.45) is 0. The van der Waals surface area contributed by atoms with E-state index in [1.54, 1.807) is 6.07 Å². The summed E-state index contributed by atoms with van der Waals surface area (Å²) in [6, 6.07) is 7.35. The van der Waals surface area contributed by atoms with E-state index in [1.807, 2.05) is 30.0 Å². The molecule has 0 saturated carbocycles. The third-order valence-electron chi connectivity index (χ3n) is 3.99. The van der Waals surface area contributed by atoms with Crippen molar-refractivity contribution in [1.29, 1.82) is 0 Å². The maximum Gasteiger partial charge on any atom is 0.254 e. The molecule has 1 fully saturated rings. The summed E-state index contributed by atoms with van der Waals surface area (Å²) in [5, 5.41) is 0. The van der Waals surface area contributed by atoms with Crippen LogP contribution in [-0.4, -0.2) is 57.7 Å². The molecular formula is C16H20N4O2S. The number of carbonyl (C=O) groups excluding carboxylic acids is 1. The second-order valence-electron chi connectivity index (χ2n) is 5.71. The first-order valence-electron chi connectivity index (χ1n) is 7.62. The van der Waals surface area contributed by atoms with Gasteiger partial charge in [-0.05, 0) is 32.2 Å². The van der Waals surface area contributed by atoms with Crippen molar-refractivity contribution in [2.75, 3.05) is 33.2 Å². The van der Waals surface area contributed by atoms with E-state index in [4.69, 9.17) is 4.74 Å². The van der Waals surface area contributed by atoms with Crippen molar-refractivity contribution in [3.8, 4) is 5.75 Å². The van der Waals surface area contributed by atoms with Crippen LogP contribution in [0.3, 0.4) is 0 Å². The molecule has 1 aromatic carbocycles. The first-order valence-corrected chi connectivity index (χ1v) is 8.35. The highest BCUT2D eigenvalue weighted by atomic mass is 32.1. The molecule has 1 aromatic heterocycles. The van der Waals surface area contributed by atoms with Crippen LogP contribution >= 0.6 is 11.7 Å². The van der Waals surface area contributed by atoms with E-state index in [1.165, 1.54) is 11.7 Å². The van der Waals surface area contributed by atoms with Crippen LogP contribution < -0.4 is 4.74 Å². The fourth-order valence-corrected chi connectivity index (χ4v) is 3.00. The Bertz CT molecular complexity index is 680. The smallest absolute Gasteiger partial charge is 0.254 e. The molecule has 2 aromatic rings. The van der Waals surface area contributed by atoms with Gasteiger partial charge in [0.05, 0.1) is 17.4 Å². The lowest BCUT2D eigenvalue weighted by Gasteiger charge is -2.32. The van der Waals surface area contributed by atoms with E-state index in [0.717, 1.165) is 37.6 Å². The second kappa shape index (κ2) is 7.06. The molecule has 1 saturated heterocycles. The molecule has 0 radical (unpaired) electrons. The molecule has 23 heavy (non-hydrogen) atoms. The summed E-state index contributed by atoms with van der Waals surface area (Å²) in [4.78, 5) is 16.7. The number of amides is 1. The number of likely N-dealkylation sites (N-methyl/N-ethyl adjacent to an activating group) is 1. The van der Waals surface area contributed by atoms with Gasteiger partial charge in [-0.1, -0.05) is 6.07 Å². The average molecular weight is 332 g/mol. The van der Waals surface area contributed by atoms with Gasteiger partial charge in [0, 0.05) is 31.7 Å². The monoisotopic (exact) mass is 332 g/mol. The Balaban J connectivity index is 1.65. The van der Waals surface area contributed by atoms with Gasteiger partial charge in [0.25, 0.3) is 5.91 Å². The third-order valence-corrected chi connectivity index (χ3v) is 4.65. The largest absolute Gasteiger partial charge is 0.487 e. The van der Waals surface area contributed by atoms with Crippen LogP contribution in [0.1, 0.15) is 21.7 Å². The Morgan fingerprint density at radius 3 is 2.74 bits per heavy atom. The molecule has 1 amide bonds. The molecule has 3 rings (SSSR count). The maximum atomic E-state index is 12.6. The molecular weight excluding hydrogens is 312 g/mol. The van der Waals surface area contributed by atoms with Crippen molar-refractivity contribution in [1.82, 2.24) is 18.5 Å². The lowest BCUT2D eigenvalue weighted by Crippen LogP contribution is -2.47. The summed E-state index contributed by atoms with van der Waals surface area (Å²) in [6.45, 7) is 5.65. The Labute approximate surface area is 140 Å². The van der Waals surface area contributed by atoms with Gasteiger partial charge in [0.1, 0.15) is 18.1 Å². The minimum Gasteiger partial charge on any atom is -0.487 e. The zero-order valence-electron chi connectivity index (χ0n) is 13.4. The molecule has 6 nitrogen and oxygen atoms in total. The van der Waals surface area contributed by atoms with Crippen molar-refractivity contribution >= 4 is 17.6 Å². The number of ether oxygens (including phenoxy) is 1. The van der Waals surface area contributed by atoms with Gasteiger partial charge in [-0.15, -0.1) is 0 Å². The van der Waals surface area contributed by atoms with Gasteiger partial charge < -0.3 is 14.5 Å². The van der Waals surface area contributed by atoms with Crippen LogP contribution in [0.4, 0.5) is 0 Å². The van der Waals surface area contributed by atoms with Crippen molar-refractivity contribution in [3.63, 3.8) is 0 Å². The number of hydrogen-bond acceptors (Lipinski definition) is 6. The standard InChI is InChI=1S/C16H20N4O2S/c1-12-15(18-23-17-12)11-22-14-5-3-4-13(10-14)16(21)20-8-6-19(2)7-9-20/h3-5,10H,6-9,11H2,1-2H3. The Morgan fingerprint density at radius 2 is 2.04 bits per heavy atom. The first-order chi connectivity index (χ1) is 11.1. The number of aryl methyl sites for hydroxylation is 1. The summed E-state index contributed by atoms with van der Waals surface area (Å²) in [5.41, 5.74) is 2.39. The highest BCUT2D eigenvalue weighted by molar-refractivity contribution is 6.99. The molecule has 0 unspecified atom stereocenters. The lowest BCUT2D eigenvalue weighted by molar-refractivity contribution is 0.0663. The van der Waals surface area contributed by atoms with E-state index in [2.05, 4.69) is 20.7 Å². The number of benzene rings is 1. The predicted molar refractivity (Wildman–Crippen MR) is 88.8 cm³/mol. The molecule has 122 valence electrons. The van der Waals surface area contributed by atoms with Gasteiger partial charge in [-0.2, -0.15) is 8.75 Å². The summed E-state index contributed by atoms with van der Waals surface area (Å²) in [7, 11) is 2.07. The number of piperazine rings is 1. The minimum atomic E-state index is 0.0649. The van der Waals surface area contributed by atoms with Crippen LogP contribution in [0.5, 0.6) is 5.75 Å². The van der Waals surface area contributed by atoms with Crippen LogP contribution in [-0.2, 0) is 6.61 Å². The molecule has 0 N–H and O–H groups in total. The number of hydrogen-bond donors (Lipinski definition) is 0. The van der Waals surface area contributed by atoms with E-state index >= 15 is 0 Å². The van der Waals surface area contributed by atoms with Gasteiger partial charge in [0.15, 0.2) is 0 Å². The minimum absolute atomic E-state index is 0.0649. The third kappa shape index (κ3) is 3.86. The van der Waals surface area contributed by atoms with Crippen LogP contribution in [0, 0.1) is 6.92 Å². The van der Waals surface area contributed by atoms with Crippen molar-refractivity contribution in [3.05, 3.63) is 41.2 Å². The zero-order chi connectivity index (χ0) is 16.2. The van der Waals surface area contributed by atoms with Gasteiger partial charge in [-0.25, -0.2) is 0 Å². The number of nitrogens with zero attached hydrogens (tertiary/aromatic N) is 4. The predicted octanol–water partition coefficient (Wildman–Crippen LogP) is 1.81. The van der Waals surface area contributed by atoms with Crippen molar-refractivity contribution in [2.45, 2.75) is 13.5 Å². The summed E-state index contributed by atoms with van der Waals surface area (Å²) in [5.74, 6) is 0.743. The fourth-order valence-electron chi connectivity index (χ4n) is 2.44. The van der Waals surface area contributed by atoms with Crippen molar-refractivity contribution in [2.24, 2.45) is 0 Å². The van der Waals surface area contributed by atoms with Crippen LogP contribution in [0.2, 0.25) is 0 Å². The van der Waals surface area contributed by atoms with E-state index < -0.39 is 0 Å². The van der Waals surface area contributed by atoms with Gasteiger partial charge in [0.2, 0.25) is 0 Å². The maximum absolute atomic E-state index is 12.6. The highest BCUT2D eigenvalue weighted by Crippen LogP contribution is 2.18. The zero-order valence-corrected chi connectivity index (χ0v) is 14.2. The second-order valence-corrected chi connectivity index (χ2v) is 6.24. The lowest BCUT2D eigenvalue weighted by atomic mass is 10.1. The molecule has 0 atom stereocenters. The number of aromatic nitrogens is 2. The molecule has 0 bridgehead atoms. The van der Waals surface area contributed by atoms with E-state index in [0.29, 0.717) is 17.9 Å². The highest BCUT2D eigenvalue weighted by Gasteiger charge is 2.20. The topological polar surface area (TPSA) is 58.6 Å². The first kappa shape index (κ1) is 15.9. The van der Waals surface area contributed by atoms with Crippen LogP contribution in [0.15, 0.2) is 24.3 Å².